The molecule has 0 radical (unpaired) electrons. The Bertz CT molecular complexity index is 1160. The van der Waals surface area contributed by atoms with Gasteiger partial charge >= 0.3 is 5.97 Å². The second kappa shape index (κ2) is 8.66. The minimum Gasteiger partial charge on any atom is -0.450 e. The number of carbonyl (C=O) groups is 2. The van der Waals surface area contributed by atoms with Crippen molar-refractivity contribution in [3.63, 3.8) is 0 Å². The highest BCUT2D eigenvalue weighted by molar-refractivity contribution is 6.12. The number of rotatable bonds is 6. The van der Waals surface area contributed by atoms with Gasteiger partial charge in [-0.3, -0.25) is 4.79 Å². The molecule has 152 valence electrons. The van der Waals surface area contributed by atoms with Gasteiger partial charge in [0.05, 0.1) is 0 Å². The van der Waals surface area contributed by atoms with E-state index in [4.69, 9.17) is 4.74 Å². The Morgan fingerprint density at radius 1 is 1.13 bits per heavy atom. The number of carbonyl (C=O) groups excluding carboxylic acids is 2. The number of benzene rings is 2. The molecule has 2 aromatic carbocycles. The number of hydrogen-bond donors (Lipinski definition) is 1. The van der Waals surface area contributed by atoms with Crippen LogP contribution in [-0.2, 0) is 9.53 Å². The molecule has 0 aliphatic rings. The van der Waals surface area contributed by atoms with E-state index in [-0.39, 0.29) is 11.4 Å². The lowest BCUT2D eigenvalue weighted by atomic mass is 10.0. The van der Waals surface area contributed by atoms with Crippen molar-refractivity contribution >= 4 is 34.4 Å². The van der Waals surface area contributed by atoms with Gasteiger partial charge in [0.1, 0.15) is 11.6 Å². The first-order valence-electron chi connectivity index (χ1n) is 9.53. The number of nitrogens with zero attached hydrogens (tertiary/aromatic N) is 2. The van der Waals surface area contributed by atoms with Crippen molar-refractivity contribution in [3.8, 4) is 6.07 Å². The maximum absolute atomic E-state index is 12.9. The van der Waals surface area contributed by atoms with E-state index in [0.717, 1.165) is 16.6 Å². The summed E-state index contributed by atoms with van der Waals surface area (Å²) in [5.41, 5.74) is 3.58. The third-order valence-electron chi connectivity index (χ3n) is 4.85. The number of para-hydroxylation sites is 1. The molecule has 6 nitrogen and oxygen atoms in total. The van der Waals surface area contributed by atoms with Crippen LogP contribution in [0.15, 0.2) is 54.1 Å². The number of anilines is 1. The number of fused-ring (bicyclic) bond motifs is 1. The summed E-state index contributed by atoms with van der Waals surface area (Å²) in [5, 5.41) is 10.2. The van der Waals surface area contributed by atoms with Gasteiger partial charge in [-0.2, -0.15) is 5.26 Å². The zero-order chi connectivity index (χ0) is 21.8. The van der Waals surface area contributed by atoms with Gasteiger partial charge in [-0.25, -0.2) is 4.79 Å². The zero-order valence-electron chi connectivity index (χ0n) is 17.4. The molecule has 30 heavy (non-hydrogen) atoms. The largest absolute Gasteiger partial charge is 0.450 e. The smallest absolute Gasteiger partial charge is 0.349 e. The van der Waals surface area contributed by atoms with Crippen molar-refractivity contribution in [2.75, 3.05) is 19.0 Å². The van der Waals surface area contributed by atoms with Crippen LogP contribution >= 0.6 is 0 Å². The van der Waals surface area contributed by atoms with Crippen LogP contribution in [0.25, 0.3) is 17.0 Å². The fraction of sp³-hybridized carbons (Fsp3) is 0.208. The first kappa shape index (κ1) is 20.9. The summed E-state index contributed by atoms with van der Waals surface area (Å²) in [5.74, 6) is -1.14. The molecule has 3 rings (SSSR count). The van der Waals surface area contributed by atoms with Gasteiger partial charge in [0.25, 0.3) is 0 Å². The molecule has 6 heteroatoms. The highest BCUT2D eigenvalue weighted by atomic mass is 16.5. The Kier molecular flexibility index (Phi) is 6.03. The lowest BCUT2D eigenvalue weighted by molar-refractivity contribution is -0.141. The van der Waals surface area contributed by atoms with E-state index in [1.807, 2.05) is 73.6 Å². The van der Waals surface area contributed by atoms with Gasteiger partial charge < -0.3 is 14.6 Å². The van der Waals surface area contributed by atoms with Crippen LogP contribution in [-0.4, -0.2) is 36.9 Å². The lowest BCUT2D eigenvalue weighted by Crippen LogP contribution is -2.25. The molecule has 1 aromatic heterocycles. The SMILES string of the molecule is Cc1[nH]c2ccccc2c1C(=O)[C@@H](C)OC(=O)/C(C#N)=C/c1ccc(N(C)C)cc1. The summed E-state index contributed by atoms with van der Waals surface area (Å²) in [7, 11) is 3.85. The van der Waals surface area contributed by atoms with Gasteiger partial charge in [0.2, 0.25) is 5.78 Å². The number of nitriles is 1. The summed E-state index contributed by atoms with van der Waals surface area (Å²) >= 11 is 0. The quantitative estimate of drug-likeness (QED) is 0.289. The Labute approximate surface area is 175 Å². The molecule has 0 saturated heterocycles. The van der Waals surface area contributed by atoms with Crippen LogP contribution in [0.1, 0.15) is 28.5 Å². The van der Waals surface area contributed by atoms with E-state index < -0.39 is 12.1 Å². The van der Waals surface area contributed by atoms with E-state index >= 15 is 0 Å². The third kappa shape index (κ3) is 4.26. The van der Waals surface area contributed by atoms with Crippen LogP contribution in [0.3, 0.4) is 0 Å². The molecular formula is C24H23N3O3. The third-order valence-corrected chi connectivity index (χ3v) is 4.85. The van der Waals surface area contributed by atoms with Crippen molar-refractivity contribution in [2.45, 2.75) is 20.0 Å². The summed E-state index contributed by atoms with van der Waals surface area (Å²) < 4.78 is 5.33. The molecule has 3 aromatic rings. The summed E-state index contributed by atoms with van der Waals surface area (Å²) in [4.78, 5) is 30.6. The number of H-pyrrole nitrogens is 1. The Hall–Kier alpha value is -3.85. The van der Waals surface area contributed by atoms with Crippen LogP contribution in [0.5, 0.6) is 0 Å². The summed E-state index contributed by atoms with van der Waals surface area (Å²) in [6.07, 6.45) is 0.430. The predicted molar refractivity (Wildman–Crippen MR) is 117 cm³/mol. The number of hydrogen-bond acceptors (Lipinski definition) is 5. The maximum Gasteiger partial charge on any atom is 0.349 e. The molecule has 0 aliphatic heterocycles. The minimum absolute atomic E-state index is 0.164. The molecule has 0 fully saturated rings. The van der Waals surface area contributed by atoms with Crippen molar-refractivity contribution < 1.29 is 14.3 Å². The van der Waals surface area contributed by atoms with Gasteiger partial charge in [0, 0.05) is 41.9 Å². The molecule has 1 atom stereocenters. The number of aromatic nitrogens is 1. The first-order valence-corrected chi connectivity index (χ1v) is 9.53. The number of ether oxygens (including phenoxy) is 1. The molecular weight excluding hydrogens is 378 g/mol. The van der Waals surface area contributed by atoms with E-state index in [2.05, 4.69) is 4.98 Å². The van der Waals surface area contributed by atoms with E-state index in [0.29, 0.717) is 16.8 Å². The Morgan fingerprint density at radius 2 is 1.80 bits per heavy atom. The van der Waals surface area contributed by atoms with Crippen molar-refractivity contribution in [2.24, 2.45) is 0 Å². The van der Waals surface area contributed by atoms with Crippen LogP contribution < -0.4 is 4.90 Å². The number of aromatic amines is 1. The number of ketones is 1. The summed E-state index contributed by atoms with van der Waals surface area (Å²) in [6, 6.07) is 16.7. The first-order chi connectivity index (χ1) is 14.3. The molecule has 1 N–H and O–H groups in total. The number of aryl methyl sites for hydroxylation is 1. The van der Waals surface area contributed by atoms with E-state index in [9.17, 15) is 14.9 Å². The number of esters is 1. The molecule has 0 bridgehead atoms. The van der Waals surface area contributed by atoms with Gasteiger partial charge in [0.15, 0.2) is 6.10 Å². The van der Waals surface area contributed by atoms with Crippen LogP contribution in [0.2, 0.25) is 0 Å². The minimum atomic E-state index is -1.02. The van der Waals surface area contributed by atoms with E-state index in [1.165, 1.54) is 13.0 Å². The molecule has 1 heterocycles. The standard InChI is InChI=1S/C24H23N3O3/c1-15-22(20-7-5-6-8-21(20)26-15)23(28)16(2)30-24(29)18(14-25)13-17-9-11-19(12-10-17)27(3)4/h5-13,16,26H,1-4H3/b18-13+/t16-/m1/s1. The van der Waals surface area contributed by atoms with Crippen LogP contribution in [0, 0.1) is 18.3 Å². The predicted octanol–water partition coefficient (Wildman–Crippen LogP) is 4.26. The zero-order valence-corrected chi connectivity index (χ0v) is 17.4. The normalized spacial score (nSPS) is 12.3. The van der Waals surface area contributed by atoms with Gasteiger partial charge in [-0.05, 0) is 43.7 Å². The average molecular weight is 401 g/mol. The van der Waals surface area contributed by atoms with Crippen LogP contribution in [0.4, 0.5) is 5.69 Å². The van der Waals surface area contributed by atoms with Gasteiger partial charge in [-0.15, -0.1) is 0 Å². The topological polar surface area (TPSA) is 86.2 Å². The molecule has 0 amide bonds. The fourth-order valence-electron chi connectivity index (χ4n) is 3.25. The highest BCUT2D eigenvalue weighted by Gasteiger charge is 2.25. The fourth-order valence-corrected chi connectivity index (χ4v) is 3.25. The number of Topliss-reactive ketones (excluding diaryl/α,β-unsaturated/α-hetero) is 1. The second-order valence-corrected chi connectivity index (χ2v) is 7.24. The molecule has 0 spiro atoms. The Morgan fingerprint density at radius 3 is 2.43 bits per heavy atom. The van der Waals surface area contributed by atoms with Gasteiger partial charge in [-0.1, -0.05) is 30.3 Å². The average Bonchev–Trinajstić information content (AvgIpc) is 3.07. The van der Waals surface area contributed by atoms with Crippen molar-refractivity contribution in [3.05, 3.63) is 70.9 Å². The van der Waals surface area contributed by atoms with Crippen molar-refractivity contribution in [1.82, 2.24) is 4.98 Å². The number of nitrogens with one attached hydrogen (secondary N) is 1. The monoisotopic (exact) mass is 401 g/mol. The summed E-state index contributed by atoms with van der Waals surface area (Å²) in [6.45, 7) is 3.32. The molecule has 0 saturated carbocycles. The lowest BCUT2D eigenvalue weighted by Gasteiger charge is -2.13. The van der Waals surface area contributed by atoms with Crippen molar-refractivity contribution in [1.29, 1.82) is 5.26 Å². The Balaban J connectivity index is 1.78. The highest BCUT2D eigenvalue weighted by Crippen LogP contribution is 2.24. The maximum atomic E-state index is 12.9. The molecule has 0 aliphatic carbocycles. The molecule has 0 unspecified atom stereocenters. The van der Waals surface area contributed by atoms with E-state index in [1.54, 1.807) is 6.92 Å². The second-order valence-electron chi connectivity index (χ2n) is 7.24.